The number of nitrogens with two attached hydrogens (primary N) is 2. The summed E-state index contributed by atoms with van der Waals surface area (Å²) in [5.74, 6) is -4.21. The highest BCUT2D eigenvalue weighted by Crippen LogP contribution is 2.29. The maximum Gasteiger partial charge on any atom is 0.265 e. The van der Waals surface area contributed by atoms with Crippen molar-refractivity contribution in [1.82, 2.24) is 0 Å². The van der Waals surface area contributed by atoms with Gasteiger partial charge in [0, 0.05) is 5.92 Å². The van der Waals surface area contributed by atoms with Crippen molar-refractivity contribution < 1.29 is 9.59 Å². The normalized spacial score (nSPS) is 25.4. The van der Waals surface area contributed by atoms with Crippen molar-refractivity contribution in [3.05, 3.63) is 42.0 Å². The van der Waals surface area contributed by atoms with E-state index in [9.17, 15) is 9.59 Å². The summed E-state index contributed by atoms with van der Waals surface area (Å²) in [5, 5.41) is 9.15. The summed E-state index contributed by atoms with van der Waals surface area (Å²) in [6.45, 7) is 0. The molecule has 1 heterocycles. The van der Waals surface area contributed by atoms with Gasteiger partial charge in [0.2, 0.25) is 5.91 Å². The number of nitrogens with zero attached hydrogens (tertiary/aromatic N) is 2. The Balaban J connectivity index is 2.39. The third-order valence-corrected chi connectivity index (χ3v) is 3.35. The number of amides is 2. The van der Waals surface area contributed by atoms with Crippen LogP contribution in [0.25, 0.3) is 6.08 Å². The van der Waals surface area contributed by atoms with Crippen molar-refractivity contribution >= 4 is 23.7 Å². The summed E-state index contributed by atoms with van der Waals surface area (Å²) in [5.41, 5.74) is 11.8. The highest BCUT2D eigenvalue weighted by atomic mass is 16.2. The molecule has 0 fully saturated rings. The zero-order valence-corrected chi connectivity index (χ0v) is 11.1. The molecule has 0 bridgehead atoms. The molecule has 0 spiro atoms. The van der Waals surface area contributed by atoms with Crippen LogP contribution in [0.3, 0.4) is 0 Å². The van der Waals surface area contributed by atoms with Gasteiger partial charge in [-0.3, -0.25) is 9.59 Å². The molecule has 1 aliphatic heterocycles. The zero-order chi connectivity index (χ0) is 15.4. The van der Waals surface area contributed by atoms with Crippen molar-refractivity contribution in [1.29, 1.82) is 5.26 Å². The van der Waals surface area contributed by atoms with E-state index in [4.69, 9.17) is 16.7 Å². The average Bonchev–Trinajstić information content (AvgIpc) is 2.45. The van der Waals surface area contributed by atoms with E-state index in [-0.39, 0.29) is 5.84 Å². The Morgan fingerprint density at radius 2 is 2.00 bits per heavy atom. The molecule has 1 aromatic rings. The standard InChI is InChI=1S/C15H14N4O2/c16-8-11-10(7-6-9-4-2-1-3-5-9)12(14(18)20)13(17)19-15(11)21/h1-7,10-12H,(H2,18,20)(H2,17,19,21). The maximum atomic E-state index is 11.7. The zero-order valence-electron chi connectivity index (χ0n) is 11.1. The monoisotopic (exact) mass is 282 g/mol. The lowest BCUT2D eigenvalue weighted by atomic mass is 9.78. The van der Waals surface area contributed by atoms with Crippen LogP contribution in [0.4, 0.5) is 0 Å². The number of carbonyl (C=O) groups excluding carboxylic acids is 2. The second-order valence-corrected chi connectivity index (χ2v) is 4.71. The second-order valence-electron chi connectivity index (χ2n) is 4.71. The summed E-state index contributed by atoms with van der Waals surface area (Å²) in [6.07, 6.45) is 3.36. The minimum atomic E-state index is -1.06. The summed E-state index contributed by atoms with van der Waals surface area (Å²) in [6, 6.07) is 11.2. The van der Waals surface area contributed by atoms with Gasteiger partial charge in [-0.25, -0.2) is 0 Å². The minimum absolute atomic E-state index is 0.137. The van der Waals surface area contributed by atoms with Crippen LogP contribution in [0.15, 0.2) is 41.4 Å². The Morgan fingerprint density at radius 3 is 2.57 bits per heavy atom. The molecule has 0 saturated carbocycles. The number of primary amides is 1. The molecule has 106 valence electrons. The topological polar surface area (TPSA) is 122 Å². The first-order valence-corrected chi connectivity index (χ1v) is 6.34. The SMILES string of the molecule is N#CC1C(=O)N=C(N)C(C(N)=O)C1C=Cc1ccccc1. The second kappa shape index (κ2) is 6.01. The summed E-state index contributed by atoms with van der Waals surface area (Å²) >= 11 is 0. The van der Waals surface area contributed by atoms with Gasteiger partial charge in [0.05, 0.1) is 6.07 Å². The van der Waals surface area contributed by atoms with E-state index in [0.717, 1.165) is 5.56 Å². The van der Waals surface area contributed by atoms with Crippen molar-refractivity contribution in [2.75, 3.05) is 0 Å². The van der Waals surface area contributed by atoms with Gasteiger partial charge in [-0.1, -0.05) is 42.5 Å². The predicted molar refractivity (Wildman–Crippen MR) is 77.4 cm³/mol. The number of carbonyl (C=O) groups is 2. The fourth-order valence-corrected chi connectivity index (χ4v) is 2.31. The van der Waals surface area contributed by atoms with Crippen molar-refractivity contribution in [2.45, 2.75) is 0 Å². The Hall–Kier alpha value is -2.94. The van der Waals surface area contributed by atoms with Crippen LogP contribution in [-0.2, 0) is 9.59 Å². The number of hydrogen-bond donors (Lipinski definition) is 2. The first-order valence-electron chi connectivity index (χ1n) is 6.34. The highest BCUT2D eigenvalue weighted by Gasteiger charge is 2.42. The quantitative estimate of drug-likeness (QED) is 0.835. The molecule has 0 aliphatic carbocycles. The number of hydrogen-bond acceptors (Lipinski definition) is 4. The first-order chi connectivity index (χ1) is 10.0. The van der Waals surface area contributed by atoms with Gasteiger partial charge in [-0.05, 0) is 5.56 Å². The fraction of sp³-hybridized carbons (Fsp3) is 0.200. The van der Waals surface area contributed by atoms with Crippen molar-refractivity contribution in [2.24, 2.45) is 34.2 Å². The minimum Gasteiger partial charge on any atom is -0.386 e. The molecule has 0 aromatic heterocycles. The van der Waals surface area contributed by atoms with E-state index < -0.39 is 29.6 Å². The molecule has 0 saturated heterocycles. The van der Waals surface area contributed by atoms with Gasteiger partial charge < -0.3 is 11.5 Å². The van der Waals surface area contributed by atoms with E-state index in [1.165, 1.54) is 0 Å². The number of allylic oxidation sites excluding steroid dienone is 1. The number of nitriles is 1. The fourth-order valence-electron chi connectivity index (χ4n) is 2.31. The van der Waals surface area contributed by atoms with Crippen molar-refractivity contribution in [3.8, 4) is 6.07 Å². The van der Waals surface area contributed by atoms with E-state index in [1.807, 2.05) is 36.4 Å². The van der Waals surface area contributed by atoms with Gasteiger partial charge in [0.15, 0.2) is 0 Å². The Morgan fingerprint density at radius 1 is 1.33 bits per heavy atom. The molecule has 0 radical (unpaired) electrons. The third-order valence-electron chi connectivity index (χ3n) is 3.35. The Kier molecular flexibility index (Phi) is 4.14. The van der Waals surface area contributed by atoms with Gasteiger partial charge in [0.1, 0.15) is 17.7 Å². The molecular formula is C15H14N4O2. The smallest absolute Gasteiger partial charge is 0.265 e. The van der Waals surface area contributed by atoms with Crippen LogP contribution in [0, 0.1) is 29.1 Å². The summed E-state index contributed by atoms with van der Waals surface area (Å²) < 4.78 is 0. The van der Waals surface area contributed by atoms with Crippen LogP contribution in [0.5, 0.6) is 0 Å². The first kappa shape index (κ1) is 14.5. The number of aliphatic imine (C=N–C) groups is 1. The van der Waals surface area contributed by atoms with Crippen LogP contribution < -0.4 is 11.5 Å². The number of rotatable bonds is 3. The van der Waals surface area contributed by atoms with Crippen molar-refractivity contribution in [3.63, 3.8) is 0 Å². The number of benzene rings is 1. The lowest BCUT2D eigenvalue weighted by Gasteiger charge is -2.27. The maximum absolute atomic E-state index is 11.7. The third kappa shape index (κ3) is 2.98. The molecule has 6 nitrogen and oxygen atoms in total. The molecule has 3 atom stereocenters. The summed E-state index contributed by atoms with van der Waals surface area (Å²) in [7, 11) is 0. The van der Waals surface area contributed by atoms with Gasteiger partial charge in [-0.15, -0.1) is 0 Å². The van der Waals surface area contributed by atoms with Crippen LogP contribution >= 0.6 is 0 Å². The molecule has 6 heteroatoms. The lowest BCUT2D eigenvalue weighted by Crippen LogP contribution is -2.47. The van der Waals surface area contributed by atoms with Crippen LogP contribution in [0.2, 0.25) is 0 Å². The van der Waals surface area contributed by atoms with E-state index in [1.54, 1.807) is 12.2 Å². The number of amidine groups is 1. The van der Waals surface area contributed by atoms with Crippen LogP contribution in [-0.4, -0.2) is 17.6 Å². The van der Waals surface area contributed by atoms with Gasteiger partial charge >= 0.3 is 0 Å². The summed E-state index contributed by atoms with van der Waals surface area (Å²) in [4.78, 5) is 26.9. The molecule has 2 amide bonds. The molecular weight excluding hydrogens is 268 g/mol. The lowest BCUT2D eigenvalue weighted by molar-refractivity contribution is -0.124. The Bertz CT molecular complexity index is 658. The highest BCUT2D eigenvalue weighted by molar-refractivity contribution is 6.09. The van der Waals surface area contributed by atoms with E-state index >= 15 is 0 Å². The molecule has 1 aliphatic rings. The molecule has 4 N–H and O–H groups in total. The molecule has 3 unspecified atom stereocenters. The molecule has 1 aromatic carbocycles. The largest absolute Gasteiger partial charge is 0.386 e. The molecule has 2 rings (SSSR count). The average molecular weight is 282 g/mol. The van der Waals surface area contributed by atoms with E-state index in [0.29, 0.717) is 0 Å². The van der Waals surface area contributed by atoms with Crippen LogP contribution in [0.1, 0.15) is 5.56 Å². The van der Waals surface area contributed by atoms with E-state index in [2.05, 4.69) is 4.99 Å². The van der Waals surface area contributed by atoms with Gasteiger partial charge in [-0.2, -0.15) is 10.3 Å². The predicted octanol–water partition coefficient (Wildman–Crippen LogP) is 0.455. The molecule has 21 heavy (non-hydrogen) atoms. The van der Waals surface area contributed by atoms with Gasteiger partial charge in [0.25, 0.3) is 5.91 Å². The Labute approximate surface area is 121 Å².